The molecule has 0 bridgehead atoms. The molecule has 5 rings (SSSR count). The number of nitrogens with one attached hydrogen (secondary N) is 1. The number of rotatable bonds is 15. The molecule has 1 aliphatic rings. The molecule has 0 saturated carbocycles. The standard InChI is InChI=1S/C33H50N6O3Si2/c1-43(2,3)17-15-41-24-38(25-42-16-18-44(4,5)6)32-20-29(22-34-28-11-13-40-14-12-28)37-33-30(23-36-39(32)33)27-19-26-9-7-8-10-31(26)35-21-27/h7-10,19-21,23,28,34H,11-18,22,24-25H2,1-6H3. The van der Waals surface area contributed by atoms with Crippen LogP contribution in [0, 0.1) is 0 Å². The van der Waals surface area contributed by atoms with Crippen LogP contribution in [0.2, 0.25) is 51.4 Å². The number of fused-ring (bicyclic) bond motifs is 2. The number of hydrogen-bond donors (Lipinski definition) is 1. The molecule has 44 heavy (non-hydrogen) atoms. The summed E-state index contributed by atoms with van der Waals surface area (Å²) in [5.41, 5.74) is 4.69. The fourth-order valence-corrected chi connectivity index (χ4v) is 6.67. The lowest BCUT2D eigenvalue weighted by molar-refractivity contribution is 0.0775. The van der Waals surface area contributed by atoms with E-state index < -0.39 is 16.1 Å². The van der Waals surface area contributed by atoms with Crippen molar-refractivity contribution in [3.8, 4) is 11.1 Å². The van der Waals surface area contributed by atoms with E-state index in [0.29, 0.717) is 26.0 Å². The first-order valence-electron chi connectivity index (χ1n) is 16.0. The van der Waals surface area contributed by atoms with Gasteiger partial charge in [0.05, 0.1) is 17.4 Å². The van der Waals surface area contributed by atoms with Crippen molar-refractivity contribution in [3.05, 3.63) is 54.5 Å². The zero-order chi connectivity index (χ0) is 31.2. The molecule has 0 radical (unpaired) electrons. The Bertz CT molecular complexity index is 1490. The van der Waals surface area contributed by atoms with Crippen LogP contribution in [-0.2, 0) is 20.8 Å². The molecule has 1 aliphatic heterocycles. The molecule has 3 aromatic heterocycles. The van der Waals surface area contributed by atoms with Crippen molar-refractivity contribution >= 4 is 38.5 Å². The van der Waals surface area contributed by atoms with E-state index in [-0.39, 0.29) is 0 Å². The van der Waals surface area contributed by atoms with Gasteiger partial charge < -0.3 is 24.4 Å². The summed E-state index contributed by atoms with van der Waals surface area (Å²) in [6.07, 6.45) is 5.85. The van der Waals surface area contributed by atoms with Gasteiger partial charge in [0.25, 0.3) is 0 Å². The molecular formula is C33H50N6O3Si2. The number of pyridine rings is 1. The van der Waals surface area contributed by atoms with Crippen LogP contribution in [0.25, 0.3) is 27.7 Å². The lowest BCUT2D eigenvalue weighted by Gasteiger charge is -2.27. The van der Waals surface area contributed by atoms with E-state index in [1.165, 1.54) is 0 Å². The molecule has 0 unspecified atom stereocenters. The van der Waals surface area contributed by atoms with Crippen LogP contribution in [0.3, 0.4) is 0 Å². The number of ether oxygens (including phenoxy) is 3. The second-order valence-corrected chi connectivity index (χ2v) is 25.6. The summed E-state index contributed by atoms with van der Waals surface area (Å²) < 4.78 is 20.1. The molecule has 0 amide bonds. The van der Waals surface area contributed by atoms with Crippen molar-refractivity contribution < 1.29 is 14.2 Å². The van der Waals surface area contributed by atoms with Gasteiger partial charge in [-0.3, -0.25) is 4.98 Å². The van der Waals surface area contributed by atoms with Crippen molar-refractivity contribution in [2.75, 3.05) is 44.8 Å². The summed E-state index contributed by atoms with van der Waals surface area (Å²) in [4.78, 5) is 12.0. The molecule has 1 saturated heterocycles. The summed E-state index contributed by atoms with van der Waals surface area (Å²) in [5.74, 6) is 0.916. The highest BCUT2D eigenvalue weighted by Crippen LogP contribution is 2.29. The van der Waals surface area contributed by atoms with Crippen molar-refractivity contribution in [1.82, 2.24) is 24.9 Å². The van der Waals surface area contributed by atoms with Crippen LogP contribution in [0.15, 0.2) is 48.8 Å². The van der Waals surface area contributed by atoms with Crippen molar-refractivity contribution in [1.29, 1.82) is 0 Å². The summed E-state index contributed by atoms with van der Waals surface area (Å²) in [7, 11) is -2.43. The molecule has 0 aliphatic carbocycles. The van der Waals surface area contributed by atoms with Gasteiger partial charge in [0.15, 0.2) is 5.65 Å². The maximum absolute atomic E-state index is 6.30. The van der Waals surface area contributed by atoms with Crippen molar-refractivity contribution in [2.45, 2.75) is 76.8 Å². The summed E-state index contributed by atoms with van der Waals surface area (Å²) in [5, 5.41) is 9.69. The predicted molar refractivity (Wildman–Crippen MR) is 185 cm³/mol. The van der Waals surface area contributed by atoms with E-state index in [1.54, 1.807) is 0 Å². The number of anilines is 1. The van der Waals surface area contributed by atoms with Gasteiger partial charge in [-0.1, -0.05) is 57.5 Å². The molecular weight excluding hydrogens is 585 g/mol. The zero-order valence-electron chi connectivity index (χ0n) is 27.4. The quantitative estimate of drug-likeness (QED) is 0.0885. The Kier molecular flexibility index (Phi) is 10.9. The van der Waals surface area contributed by atoms with E-state index in [0.717, 1.165) is 90.5 Å². The van der Waals surface area contributed by atoms with E-state index >= 15 is 0 Å². The summed E-state index contributed by atoms with van der Waals surface area (Å²) in [6, 6.07) is 15.2. The Morgan fingerprint density at radius 3 is 2.30 bits per heavy atom. The highest BCUT2D eigenvalue weighted by atomic mass is 28.3. The third-order valence-electron chi connectivity index (χ3n) is 8.01. The average Bonchev–Trinajstić information content (AvgIpc) is 3.42. The van der Waals surface area contributed by atoms with Gasteiger partial charge >= 0.3 is 0 Å². The van der Waals surface area contributed by atoms with Crippen LogP contribution in [0.4, 0.5) is 5.82 Å². The van der Waals surface area contributed by atoms with Gasteiger partial charge in [0.1, 0.15) is 19.3 Å². The number of nitrogens with zero attached hydrogens (tertiary/aromatic N) is 5. The monoisotopic (exact) mass is 634 g/mol. The van der Waals surface area contributed by atoms with Crippen molar-refractivity contribution in [3.63, 3.8) is 0 Å². The first kappa shape index (κ1) is 32.7. The zero-order valence-corrected chi connectivity index (χ0v) is 29.4. The lowest BCUT2D eigenvalue weighted by Crippen LogP contribution is -2.35. The fraction of sp³-hybridized carbons (Fsp3) is 0.545. The topological polar surface area (TPSA) is 86.0 Å². The number of benzene rings is 1. The van der Waals surface area contributed by atoms with Gasteiger partial charge in [-0.15, -0.1) is 0 Å². The largest absolute Gasteiger partial charge is 0.381 e. The summed E-state index contributed by atoms with van der Waals surface area (Å²) >= 11 is 0. The lowest BCUT2D eigenvalue weighted by atomic mass is 10.1. The molecule has 4 aromatic rings. The Morgan fingerprint density at radius 2 is 1.61 bits per heavy atom. The number of hydrogen-bond acceptors (Lipinski definition) is 8. The molecule has 4 heterocycles. The van der Waals surface area contributed by atoms with E-state index in [2.05, 4.69) is 67.7 Å². The van der Waals surface area contributed by atoms with Gasteiger partial charge in [-0.2, -0.15) is 9.61 Å². The Labute approximate surface area is 264 Å². The normalized spacial score (nSPS) is 15.0. The van der Waals surface area contributed by atoms with Crippen molar-refractivity contribution in [2.24, 2.45) is 0 Å². The Morgan fingerprint density at radius 1 is 0.932 bits per heavy atom. The molecule has 1 aromatic carbocycles. The molecule has 0 atom stereocenters. The molecule has 9 nitrogen and oxygen atoms in total. The minimum atomic E-state index is -1.22. The third kappa shape index (κ3) is 9.18. The SMILES string of the molecule is C[Si](C)(C)CCOCN(COCC[Si](C)(C)C)c1cc(CNC2CCOCC2)nc2c(-c3cnc4ccccc4c3)cnn12. The predicted octanol–water partition coefficient (Wildman–Crippen LogP) is 6.64. The minimum Gasteiger partial charge on any atom is -0.381 e. The summed E-state index contributed by atoms with van der Waals surface area (Å²) in [6.45, 7) is 18.9. The molecule has 0 spiro atoms. The Balaban J connectivity index is 1.49. The van der Waals surface area contributed by atoms with Crippen LogP contribution in [0.1, 0.15) is 18.5 Å². The van der Waals surface area contributed by atoms with Gasteiger partial charge in [0, 0.05) is 83.9 Å². The first-order chi connectivity index (χ1) is 21.1. The minimum absolute atomic E-state index is 0.421. The average molecular weight is 635 g/mol. The second-order valence-electron chi connectivity index (χ2n) is 14.3. The van der Waals surface area contributed by atoms with Gasteiger partial charge in [-0.05, 0) is 37.1 Å². The molecule has 1 N–H and O–H groups in total. The van der Waals surface area contributed by atoms with Gasteiger partial charge in [-0.25, -0.2) is 4.98 Å². The maximum Gasteiger partial charge on any atom is 0.165 e. The molecule has 1 fully saturated rings. The smallest absolute Gasteiger partial charge is 0.165 e. The molecule has 238 valence electrons. The highest BCUT2D eigenvalue weighted by Gasteiger charge is 2.21. The van der Waals surface area contributed by atoms with E-state index in [1.807, 2.05) is 35.1 Å². The van der Waals surface area contributed by atoms with Crippen LogP contribution >= 0.6 is 0 Å². The van der Waals surface area contributed by atoms with E-state index in [4.69, 9.17) is 29.3 Å². The molecule has 11 heteroatoms. The van der Waals surface area contributed by atoms with Crippen LogP contribution in [0.5, 0.6) is 0 Å². The maximum atomic E-state index is 6.30. The number of para-hydroxylation sites is 1. The second kappa shape index (κ2) is 14.6. The first-order valence-corrected chi connectivity index (χ1v) is 23.4. The number of aromatic nitrogens is 4. The van der Waals surface area contributed by atoms with E-state index in [9.17, 15) is 0 Å². The van der Waals surface area contributed by atoms with Crippen LogP contribution < -0.4 is 10.2 Å². The Hall–Kier alpha value is -2.68. The van der Waals surface area contributed by atoms with Gasteiger partial charge in [0.2, 0.25) is 0 Å². The third-order valence-corrected chi connectivity index (χ3v) is 11.4. The van der Waals surface area contributed by atoms with Crippen LogP contribution in [-0.4, -0.2) is 81.7 Å². The fourth-order valence-electron chi connectivity index (χ4n) is 5.16. The highest BCUT2D eigenvalue weighted by molar-refractivity contribution is 6.76.